The molecule has 0 spiro atoms. The molecule has 0 radical (unpaired) electrons. The molecular weight excluding hydrogens is 502 g/mol. The second-order valence-corrected chi connectivity index (χ2v) is 10.7. The number of phenols is 1. The Labute approximate surface area is 226 Å². The maximum atomic E-state index is 14.1. The van der Waals surface area contributed by atoms with Crippen LogP contribution >= 0.6 is 11.5 Å². The van der Waals surface area contributed by atoms with Crippen molar-refractivity contribution in [2.75, 3.05) is 10.6 Å². The lowest BCUT2D eigenvalue weighted by molar-refractivity contribution is -0.123. The van der Waals surface area contributed by atoms with Gasteiger partial charge in [0.15, 0.2) is 5.69 Å². The van der Waals surface area contributed by atoms with Crippen molar-refractivity contribution in [3.63, 3.8) is 0 Å². The van der Waals surface area contributed by atoms with Crippen LogP contribution in [0.1, 0.15) is 89.2 Å². The van der Waals surface area contributed by atoms with Crippen LogP contribution in [-0.2, 0) is 4.79 Å². The number of amides is 3. The summed E-state index contributed by atoms with van der Waals surface area (Å²) < 4.78 is 3.99. The van der Waals surface area contributed by atoms with Crippen LogP contribution in [0.3, 0.4) is 0 Å². The molecule has 1 aliphatic rings. The Morgan fingerprint density at radius 3 is 2.16 bits per heavy atom. The molecule has 0 aliphatic heterocycles. The monoisotopic (exact) mass is 535 g/mol. The Bertz CT molecular complexity index is 1300. The summed E-state index contributed by atoms with van der Waals surface area (Å²) in [5, 5.41) is 13.0. The third-order valence-electron chi connectivity index (χ3n) is 6.88. The molecule has 0 saturated heterocycles. The molecule has 200 valence electrons. The minimum Gasteiger partial charge on any atom is -0.508 e. The number of hydrogen-bond donors (Lipinski definition) is 4. The van der Waals surface area contributed by atoms with Gasteiger partial charge in [-0.2, -0.15) is 4.37 Å². The van der Waals surface area contributed by atoms with Crippen LogP contribution in [0, 0.1) is 0 Å². The number of aromatic nitrogens is 1. The molecule has 1 atom stereocenters. The van der Waals surface area contributed by atoms with E-state index in [0.29, 0.717) is 11.3 Å². The molecule has 1 unspecified atom stereocenters. The standard InChI is InChI=1S/C28H33N5O4S/c1-16(2)17-8-12-20(13-9-17)33(28(37)25-22(29)23(26(30)35)32-38-25)24(18-10-14-21(34)15-11-18)27(36)31-19-6-4-3-5-7-19/h8-16,19,24,34H,3-7,29H2,1-2H3,(H2,30,35)(H,31,36). The van der Waals surface area contributed by atoms with Gasteiger partial charge in [0.25, 0.3) is 11.8 Å². The fourth-order valence-electron chi connectivity index (χ4n) is 4.74. The van der Waals surface area contributed by atoms with Crippen molar-refractivity contribution in [2.45, 2.75) is 64.0 Å². The van der Waals surface area contributed by atoms with Crippen LogP contribution in [0.25, 0.3) is 0 Å². The van der Waals surface area contributed by atoms with E-state index in [9.17, 15) is 19.5 Å². The fourth-order valence-corrected chi connectivity index (χ4v) is 5.49. The van der Waals surface area contributed by atoms with E-state index in [2.05, 4.69) is 23.5 Å². The van der Waals surface area contributed by atoms with Crippen molar-refractivity contribution in [2.24, 2.45) is 5.73 Å². The molecule has 38 heavy (non-hydrogen) atoms. The van der Waals surface area contributed by atoms with Gasteiger partial charge in [-0.1, -0.05) is 57.4 Å². The predicted molar refractivity (Wildman–Crippen MR) is 148 cm³/mol. The minimum atomic E-state index is -1.08. The number of carbonyl (C=O) groups excluding carboxylic acids is 3. The Kier molecular flexibility index (Phi) is 8.31. The first-order valence-electron chi connectivity index (χ1n) is 12.7. The molecule has 0 bridgehead atoms. The van der Waals surface area contributed by atoms with Crippen LogP contribution in [0.2, 0.25) is 0 Å². The van der Waals surface area contributed by atoms with Crippen molar-refractivity contribution < 1.29 is 19.5 Å². The molecule has 10 heteroatoms. The quantitative estimate of drug-likeness (QED) is 0.334. The first-order chi connectivity index (χ1) is 18.2. The number of rotatable bonds is 8. The number of benzene rings is 2. The van der Waals surface area contributed by atoms with E-state index in [1.54, 1.807) is 24.3 Å². The molecule has 3 aromatic rings. The van der Waals surface area contributed by atoms with Gasteiger partial charge in [-0.05, 0) is 65.7 Å². The summed E-state index contributed by atoms with van der Waals surface area (Å²) in [6.07, 6.45) is 4.93. The number of carbonyl (C=O) groups is 3. The molecule has 9 nitrogen and oxygen atoms in total. The van der Waals surface area contributed by atoms with Crippen LogP contribution < -0.4 is 21.7 Å². The number of primary amides is 1. The second-order valence-electron chi connectivity index (χ2n) is 9.90. The summed E-state index contributed by atoms with van der Waals surface area (Å²) in [7, 11) is 0. The third-order valence-corrected chi connectivity index (χ3v) is 7.73. The number of anilines is 2. The van der Waals surface area contributed by atoms with Gasteiger partial charge >= 0.3 is 0 Å². The summed E-state index contributed by atoms with van der Waals surface area (Å²) >= 11 is 0.767. The Morgan fingerprint density at radius 1 is 1.00 bits per heavy atom. The normalized spacial score (nSPS) is 14.7. The lowest BCUT2D eigenvalue weighted by atomic mass is 9.94. The highest BCUT2D eigenvalue weighted by Gasteiger charge is 2.37. The largest absolute Gasteiger partial charge is 0.508 e. The van der Waals surface area contributed by atoms with Crippen LogP contribution in [0.15, 0.2) is 48.5 Å². The third kappa shape index (κ3) is 5.80. The van der Waals surface area contributed by atoms with Crippen molar-refractivity contribution in [3.05, 3.63) is 70.2 Å². The molecule has 3 amide bonds. The molecule has 2 aromatic carbocycles. The van der Waals surface area contributed by atoms with Crippen molar-refractivity contribution in [1.29, 1.82) is 0 Å². The maximum Gasteiger partial charge on any atom is 0.273 e. The van der Waals surface area contributed by atoms with Crippen LogP contribution in [0.5, 0.6) is 5.75 Å². The number of nitrogens with zero attached hydrogens (tertiary/aromatic N) is 2. The summed E-state index contributed by atoms with van der Waals surface area (Å²) in [4.78, 5) is 41.3. The Morgan fingerprint density at radius 2 is 1.61 bits per heavy atom. The van der Waals surface area contributed by atoms with E-state index >= 15 is 0 Å². The van der Waals surface area contributed by atoms with Gasteiger partial charge in [0.05, 0.1) is 5.69 Å². The van der Waals surface area contributed by atoms with E-state index in [4.69, 9.17) is 11.5 Å². The minimum absolute atomic E-state index is 0.00562. The van der Waals surface area contributed by atoms with Crippen molar-refractivity contribution >= 4 is 40.6 Å². The van der Waals surface area contributed by atoms with Crippen molar-refractivity contribution in [3.8, 4) is 5.75 Å². The highest BCUT2D eigenvalue weighted by Crippen LogP contribution is 2.34. The predicted octanol–water partition coefficient (Wildman–Crippen LogP) is 4.49. The first-order valence-corrected chi connectivity index (χ1v) is 13.5. The summed E-state index contributed by atoms with van der Waals surface area (Å²) in [5.74, 6) is -1.46. The van der Waals surface area contributed by atoms with Gasteiger partial charge in [0.1, 0.15) is 16.7 Å². The number of hydrogen-bond acceptors (Lipinski definition) is 7. The van der Waals surface area contributed by atoms with E-state index in [-0.39, 0.29) is 39.9 Å². The molecule has 1 aliphatic carbocycles. The summed E-state index contributed by atoms with van der Waals surface area (Å²) in [6.45, 7) is 4.14. The lowest BCUT2D eigenvalue weighted by Gasteiger charge is -2.33. The van der Waals surface area contributed by atoms with Gasteiger partial charge in [-0.15, -0.1) is 0 Å². The van der Waals surface area contributed by atoms with Gasteiger partial charge in [-0.25, -0.2) is 0 Å². The summed E-state index contributed by atoms with van der Waals surface area (Å²) in [6, 6.07) is 12.5. The molecule has 1 aromatic heterocycles. The van der Waals surface area contributed by atoms with Gasteiger partial charge < -0.3 is 21.9 Å². The number of nitrogens with two attached hydrogens (primary N) is 2. The zero-order valence-electron chi connectivity index (χ0n) is 21.5. The topological polar surface area (TPSA) is 152 Å². The first kappa shape index (κ1) is 27.1. The Hall–Kier alpha value is -3.92. The SMILES string of the molecule is CC(C)c1ccc(N(C(=O)c2snc(C(N)=O)c2N)C(C(=O)NC2CCCCC2)c2ccc(O)cc2)cc1. The second kappa shape index (κ2) is 11.6. The van der Waals surface area contributed by atoms with E-state index < -0.39 is 17.9 Å². The fraction of sp³-hybridized carbons (Fsp3) is 0.357. The smallest absolute Gasteiger partial charge is 0.273 e. The Balaban J connectivity index is 1.84. The van der Waals surface area contributed by atoms with Gasteiger partial charge in [0.2, 0.25) is 5.91 Å². The molecule has 4 rings (SSSR count). The zero-order chi connectivity index (χ0) is 27.4. The average Bonchev–Trinajstić information content (AvgIpc) is 3.29. The van der Waals surface area contributed by atoms with Gasteiger partial charge in [-0.3, -0.25) is 19.3 Å². The number of aromatic hydroxyl groups is 1. The highest BCUT2D eigenvalue weighted by atomic mass is 32.1. The lowest BCUT2D eigenvalue weighted by Crippen LogP contribution is -2.47. The van der Waals surface area contributed by atoms with Crippen molar-refractivity contribution in [1.82, 2.24) is 9.69 Å². The summed E-state index contributed by atoms with van der Waals surface area (Å²) in [5.41, 5.74) is 13.3. The van der Waals surface area contributed by atoms with E-state index in [1.807, 2.05) is 12.1 Å². The number of phenolic OH excluding ortho intramolecular Hbond substituents is 1. The zero-order valence-corrected chi connectivity index (χ0v) is 22.3. The molecule has 1 saturated carbocycles. The van der Waals surface area contributed by atoms with Gasteiger partial charge in [0, 0.05) is 11.7 Å². The van der Waals surface area contributed by atoms with Crippen LogP contribution in [0.4, 0.5) is 11.4 Å². The van der Waals surface area contributed by atoms with E-state index in [1.165, 1.54) is 17.0 Å². The molecule has 6 N–H and O–H groups in total. The molecule has 1 heterocycles. The number of nitrogens with one attached hydrogen (secondary N) is 1. The van der Waals surface area contributed by atoms with Crippen LogP contribution in [-0.4, -0.2) is 33.2 Å². The molecular formula is C28H33N5O4S. The molecule has 1 fully saturated rings. The maximum absolute atomic E-state index is 14.1. The van der Waals surface area contributed by atoms with E-state index in [0.717, 1.165) is 49.2 Å². The number of nitrogen functional groups attached to an aromatic ring is 1. The average molecular weight is 536 g/mol. The highest BCUT2D eigenvalue weighted by molar-refractivity contribution is 7.09.